The number of methoxy groups -OCH3 is 1. The van der Waals surface area contributed by atoms with Gasteiger partial charge in [0.15, 0.2) is 0 Å². The summed E-state index contributed by atoms with van der Waals surface area (Å²) in [5.74, 6) is 0.981. The predicted octanol–water partition coefficient (Wildman–Crippen LogP) is 0.888. The molecule has 0 saturated carbocycles. The van der Waals surface area contributed by atoms with Crippen LogP contribution in [0.2, 0.25) is 0 Å². The number of carbonyl (C=O) groups excluding carboxylic acids is 1. The van der Waals surface area contributed by atoms with Gasteiger partial charge in [-0.25, -0.2) is 0 Å². The highest BCUT2D eigenvalue weighted by Crippen LogP contribution is 2.15. The topological polar surface area (TPSA) is 88.5 Å². The molecule has 0 bridgehead atoms. The third kappa shape index (κ3) is 7.46. The van der Waals surface area contributed by atoms with E-state index in [9.17, 15) is 4.79 Å². The molecule has 1 amide bonds. The van der Waals surface area contributed by atoms with E-state index >= 15 is 0 Å². The van der Waals surface area contributed by atoms with E-state index in [0.717, 1.165) is 50.5 Å². The van der Waals surface area contributed by atoms with E-state index in [-0.39, 0.29) is 18.5 Å². The molecule has 8 nitrogen and oxygen atoms in total. The lowest BCUT2D eigenvalue weighted by molar-refractivity contribution is -0.130. The van der Waals surface area contributed by atoms with E-state index in [4.69, 9.17) is 24.1 Å². The van der Waals surface area contributed by atoms with Gasteiger partial charge in [0.1, 0.15) is 5.75 Å². The van der Waals surface area contributed by atoms with Crippen molar-refractivity contribution >= 4 is 12.4 Å². The third-order valence-electron chi connectivity index (χ3n) is 4.78. The van der Waals surface area contributed by atoms with Gasteiger partial charge in [-0.2, -0.15) is 0 Å². The van der Waals surface area contributed by atoms with Gasteiger partial charge in [-0.05, 0) is 30.7 Å². The highest BCUT2D eigenvalue weighted by molar-refractivity contribution is 5.79. The first-order chi connectivity index (χ1) is 13.7. The Morgan fingerprint density at radius 3 is 2.82 bits per heavy atom. The first-order valence-electron chi connectivity index (χ1n) is 9.56. The molecule has 1 N–H and O–H groups in total. The van der Waals surface area contributed by atoms with Gasteiger partial charge in [0, 0.05) is 26.2 Å². The monoisotopic (exact) mass is 394 g/mol. The molecule has 2 heterocycles. The number of nitrogens with zero attached hydrogens (tertiary/aromatic N) is 2. The molecule has 0 aliphatic carbocycles. The molecule has 2 saturated heterocycles. The second-order valence-electron chi connectivity index (χ2n) is 6.74. The van der Waals surface area contributed by atoms with Crippen LogP contribution in [0.15, 0.2) is 24.3 Å². The number of carboxylic acid groups (broad SMARTS) is 1. The zero-order valence-electron chi connectivity index (χ0n) is 16.4. The van der Waals surface area contributed by atoms with Crippen LogP contribution in [0.25, 0.3) is 0 Å². The normalized spacial score (nSPS) is 20.5. The number of benzene rings is 1. The van der Waals surface area contributed by atoms with Crippen molar-refractivity contribution in [1.82, 2.24) is 9.80 Å². The van der Waals surface area contributed by atoms with Crippen LogP contribution in [0.5, 0.6) is 5.75 Å². The molecule has 28 heavy (non-hydrogen) atoms. The fourth-order valence-electron chi connectivity index (χ4n) is 3.40. The summed E-state index contributed by atoms with van der Waals surface area (Å²) < 4.78 is 16.4. The number of carbonyl (C=O) groups is 2. The van der Waals surface area contributed by atoms with E-state index in [2.05, 4.69) is 4.90 Å². The minimum absolute atomic E-state index is 0.160. The maximum Gasteiger partial charge on any atom is 0.290 e. The summed E-state index contributed by atoms with van der Waals surface area (Å²) in [4.78, 5) is 25.4. The Bertz CT molecular complexity index is 606. The van der Waals surface area contributed by atoms with E-state index in [1.165, 1.54) is 0 Å². The van der Waals surface area contributed by atoms with Gasteiger partial charge < -0.3 is 24.2 Å². The second kappa shape index (κ2) is 12.3. The molecule has 2 fully saturated rings. The Hall–Kier alpha value is -2.16. The van der Waals surface area contributed by atoms with Crippen molar-refractivity contribution in [2.45, 2.75) is 18.9 Å². The molecule has 0 spiro atoms. The van der Waals surface area contributed by atoms with Gasteiger partial charge in [0.05, 0.1) is 39.5 Å². The lowest BCUT2D eigenvalue weighted by Gasteiger charge is -2.29. The van der Waals surface area contributed by atoms with Crippen molar-refractivity contribution < 1.29 is 28.9 Å². The van der Waals surface area contributed by atoms with Gasteiger partial charge in [-0.1, -0.05) is 12.1 Å². The number of rotatable bonds is 5. The summed E-state index contributed by atoms with van der Waals surface area (Å²) in [6.45, 7) is 6.18. The molecule has 156 valence electrons. The zero-order valence-corrected chi connectivity index (χ0v) is 16.4. The summed E-state index contributed by atoms with van der Waals surface area (Å²) in [6, 6.07) is 7.74. The maximum absolute atomic E-state index is 12.6. The van der Waals surface area contributed by atoms with E-state index in [0.29, 0.717) is 26.2 Å². The summed E-state index contributed by atoms with van der Waals surface area (Å²) in [5.41, 5.74) is 0.998. The van der Waals surface area contributed by atoms with Crippen LogP contribution >= 0.6 is 0 Å². The Kier molecular flexibility index (Phi) is 9.74. The number of hydrogen-bond acceptors (Lipinski definition) is 6. The first kappa shape index (κ1) is 22.1. The van der Waals surface area contributed by atoms with Crippen LogP contribution in [0.1, 0.15) is 12.0 Å². The van der Waals surface area contributed by atoms with Crippen molar-refractivity contribution in [3.63, 3.8) is 0 Å². The highest BCUT2D eigenvalue weighted by Gasteiger charge is 2.23. The molecule has 1 unspecified atom stereocenters. The lowest BCUT2D eigenvalue weighted by atomic mass is 10.1. The largest absolute Gasteiger partial charge is 0.497 e. The molecule has 3 rings (SSSR count). The minimum atomic E-state index is -0.250. The Morgan fingerprint density at radius 1 is 1.29 bits per heavy atom. The quantitative estimate of drug-likeness (QED) is 0.742. The molecule has 0 aromatic heterocycles. The standard InChI is InChI=1S/C19H28N2O4.CH2O2/c1-23-17-5-2-4-16(12-17)13-19(22)21-7-3-6-20(8-9-21)14-18-15-24-10-11-25-18;2-1-3/h2,4-5,12,18H,3,6-11,13-15H2,1H3;1H,(H,2,3). The fraction of sp³-hybridized carbons (Fsp3) is 0.600. The fourth-order valence-corrected chi connectivity index (χ4v) is 3.40. The second-order valence-corrected chi connectivity index (χ2v) is 6.74. The van der Waals surface area contributed by atoms with Crippen molar-refractivity contribution in [3.8, 4) is 5.75 Å². The highest BCUT2D eigenvalue weighted by atomic mass is 16.6. The van der Waals surface area contributed by atoms with Crippen LogP contribution in [-0.4, -0.2) is 93.0 Å². The molecule has 8 heteroatoms. The summed E-state index contributed by atoms with van der Waals surface area (Å²) in [7, 11) is 1.64. The molecule has 1 aromatic rings. The van der Waals surface area contributed by atoms with Crippen molar-refractivity contribution in [2.24, 2.45) is 0 Å². The minimum Gasteiger partial charge on any atom is -0.497 e. The van der Waals surface area contributed by atoms with Gasteiger partial charge in [0.2, 0.25) is 5.91 Å². The Labute approximate surface area is 166 Å². The van der Waals surface area contributed by atoms with Gasteiger partial charge in [-0.3, -0.25) is 14.5 Å². The van der Waals surface area contributed by atoms with Crippen LogP contribution < -0.4 is 4.74 Å². The van der Waals surface area contributed by atoms with Crippen LogP contribution in [0, 0.1) is 0 Å². The third-order valence-corrected chi connectivity index (χ3v) is 4.78. The Balaban J connectivity index is 0.000000878. The van der Waals surface area contributed by atoms with Crippen LogP contribution in [0.4, 0.5) is 0 Å². The molecule has 1 aromatic carbocycles. The summed E-state index contributed by atoms with van der Waals surface area (Å²) >= 11 is 0. The maximum atomic E-state index is 12.6. The van der Waals surface area contributed by atoms with E-state index in [1.807, 2.05) is 29.2 Å². The van der Waals surface area contributed by atoms with Crippen molar-refractivity contribution in [3.05, 3.63) is 29.8 Å². The summed E-state index contributed by atoms with van der Waals surface area (Å²) in [6.07, 6.45) is 1.58. The molecule has 2 aliphatic heterocycles. The number of hydrogen-bond donors (Lipinski definition) is 1. The molecule has 1 atom stereocenters. The number of amides is 1. The van der Waals surface area contributed by atoms with Crippen molar-refractivity contribution in [2.75, 3.05) is 59.7 Å². The van der Waals surface area contributed by atoms with Crippen LogP contribution in [0.3, 0.4) is 0 Å². The average Bonchev–Trinajstić information content (AvgIpc) is 2.95. The lowest BCUT2D eigenvalue weighted by Crippen LogP contribution is -2.42. The molecule has 0 radical (unpaired) electrons. The Morgan fingerprint density at radius 2 is 2.11 bits per heavy atom. The van der Waals surface area contributed by atoms with Gasteiger partial charge in [0.25, 0.3) is 6.47 Å². The summed E-state index contributed by atoms with van der Waals surface area (Å²) in [5, 5.41) is 6.89. The molecular weight excluding hydrogens is 364 g/mol. The molecule has 2 aliphatic rings. The smallest absolute Gasteiger partial charge is 0.290 e. The van der Waals surface area contributed by atoms with E-state index < -0.39 is 0 Å². The zero-order chi connectivity index (χ0) is 20.2. The van der Waals surface area contributed by atoms with Gasteiger partial charge in [-0.15, -0.1) is 0 Å². The van der Waals surface area contributed by atoms with E-state index in [1.54, 1.807) is 7.11 Å². The first-order valence-corrected chi connectivity index (χ1v) is 9.56. The SMILES string of the molecule is COc1cccc(CC(=O)N2CCCN(CC3COCCO3)CC2)c1.O=CO. The predicted molar refractivity (Wildman–Crippen MR) is 104 cm³/mol. The average molecular weight is 394 g/mol. The number of ether oxygens (including phenoxy) is 3. The van der Waals surface area contributed by atoms with Crippen LogP contribution in [-0.2, 0) is 25.5 Å². The van der Waals surface area contributed by atoms with Gasteiger partial charge >= 0.3 is 0 Å². The molecular formula is C20H30N2O6. The van der Waals surface area contributed by atoms with Crippen molar-refractivity contribution in [1.29, 1.82) is 0 Å².